The molecule has 1 aliphatic carbocycles. The molecule has 1 N–H and O–H groups in total. The first-order valence-electron chi connectivity index (χ1n) is 6.87. The summed E-state index contributed by atoms with van der Waals surface area (Å²) in [7, 11) is 2.06. The van der Waals surface area contributed by atoms with Gasteiger partial charge in [0.1, 0.15) is 5.82 Å². The van der Waals surface area contributed by atoms with Crippen molar-refractivity contribution in [2.24, 2.45) is 7.05 Å². The number of nitrogens with one attached hydrogen (secondary N) is 1. The Hall–Kier alpha value is -0.900. The second kappa shape index (κ2) is 4.09. The second-order valence-electron chi connectivity index (χ2n) is 5.65. The number of nitrogens with zero attached hydrogens (tertiary/aromatic N) is 3. The monoisotopic (exact) mass is 234 g/mol. The predicted octanol–water partition coefficient (Wildman–Crippen LogP) is 1.72. The van der Waals surface area contributed by atoms with Gasteiger partial charge in [-0.1, -0.05) is 13.3 Å². The Morgan fingerprint density at radius 2 is 2.29 bits per heavy atom. The summed E-state index contributed by atoms with van der Waals surface area (Å²) >= 11 is 0. The zero-order valence-corrected chi connectivity index (χ0v) is 10.9. The number of aromatic nitrogens is 3. The van der Waals surface area contributed by atoms with Crippen molar-refractivity contribution >= 4 is 0 Å². The molecule has 0 radical (unpaired) electrons. The molecule has 17 heavy (non-hydrogen) atoms. The Balaban J connectivity index is 1.94. The molecule has 1 unspecified atom stereocenters. The van der Waals surface area contributed by atoms with Crippen LogP contribution in [0.5, 0.6) is 0 Å². The van der Waals surface area contributed by atoms with Gasteiger partial charge < -0.3 is 5.32 Å². The van der Waals surface area contributed by atoms with Crippen LogP contribution in [0.25, 0.3) is 0 Å². The molecule has 4 heteroatoms. The molecule has 94 valence electrons. The van der Waals surface area contributed by atoms with Crippen molar-refractivity contribution in [1.29, 1.82) is 0 Å². The lowest BCUT2D eigenvalue weighted by atomic mass is 9.81. The number of hydrogen-bond acceptors (Lipinski definition) is 3. The van der Waals surface area contributed by atoms with Crippen LogP contribution < -0.4 is 5.32 Å². The maximum Gasteiger partial charge on any atom is 0.154 e. The standard InChI is InChI=1S/C13H22N4/c1-3-6-13(7-8-14-9-13)12-15-11(10-4-5-10)16-17(12)2/h10,14H,3-9H2,1-2H3. The van der Waals surface area contributed by atoms with Crippen LogP contribution in [0.15, 0.2) is 0 Å². The summed E-state index contributed by atoms with van der Waals surface area (Å²) in [5.74, 6) is 2.96. The first-order valence-corrected chi connectivity index (χ1v) is 6.87. The summed E-state index contributed by atoms with van der Waals surface area (Å²) < 4.78 is 2.04. The van der Waals surface area contributed by atoms with Crippen molar-refractivity contribution in [1.82, 2.24) is 20.1 Å². The molecule has 2 heterocycles. The zero-order chi connectivity index (χ0) is 11.9. The van der Waals surface area contributed by atoms with E-state index in [9.17, 15) is 0 Å². The molecule has 1 aromatic heterocycles. The summed E-state index contributed by atoms with van der Waals surface area (Å²) in [5.41, 5.74) is 0.240. The van der Waals surface area contributed by atoms with Gasteiger partial charge in [0.2, 0.25) is 0 Å². The van der Waals surface area contributed by atoms with Crippen LogP contribution in [0.2, 0.25) is 0 Å². The number of aryl methyl sites for hydroxylation is 1. The molecular formula is C13H22N4. The van der Waals surface area contributed by atoms with E-state index in [0.717, 1.165) is 18.9 Å². The molecule has 4 nitrogen and oxygen atoms in total. The SMILES string of the molecule is CCCC1(c2nc(C3CC3)nn2C)CCNC1. The quantitative estimate of drug-likeness (QED) is 0.862. The zero-order valence-electron chi connectivity index (χ0n) is 10.9. The van der Waals surface area contributed by atoms with E-state index in [0.29, 0.717) is 5.92 Å². The fourth-order valence-corrected chi connectivity index (χ4v) is 3.12. The first kappa shape index (κ1) is 11.2. The lowest BCUT2D eigenvalue weighted by Gasteiger charge is -2.26. The van der Waals surface area contributed by atoms with Gasteiger partial charge in [-0.05, 0) is 32.2 Å². The van der Waals surface area contributed by atoms with Gasteiger partial charge in [-0.15, -0.1) is 0 Å². The van der Waals surface area contributed by atoms with E-state index in [1.165, 1.54) is 37.9 Å². The van der Waals surface area contributed by atoms with Gasteiger partial charge in [0.05, 0.1) is 0 Å². The highest BCUT2D eigenvalue weighted by molar-refractivity contribution is 5.16. The van der Waals surface area contributed by atoms with E-state index in [1.807, 2.05) is 4.68 Å². The largest absolute Gasteiger partial charge is 0.316 e. The van der Waals surface area contributed by atoms with E-state index < -0.39 is 0 Å². The van der Waals surface area contributed by atoms with Gasteiger partial charge in [-0.3, -0.25) is 4.68 Å². The fraction of sp³-hybridized carbons (Fsp3) is 0.846. The third-order valence-electron chi connectivity index (χ3n) is 4.17. The third kappa shape index (κ3) is 1.88. The van der Waals surface area contributed by atoms with Crippen LogP contribution in [0.1, 0.15) is 56.6 Å². The molecule has 2 aliphatic rings. The van der Waals surface area contributed by atoms with Crippen molar-refractivity contribution in [3.63, 3.8) is 0 Å². The van der Waals surface area contributed by atoms with Gasteiger partial charge in [-0.2, -0.15) is 5.10 Å². The molecule has 1 atom stereocenters. The summed E-state index contributed by atoms with van der Waals surface area (Å²) in [6.07, 6.45) is 6.20. The minimum Gasteiger partial charge on any atom is -0.316 e. The topological polar surface area (TPSA) is 42.7 Å². The summed E-state index contributed by atoms with van der Waals surface area (Å²) in [4.78, 5) is 4.86. The molecule has 0 amide bonds. The average molecular weight is 234 g/mol. The van der Waals surface area contributed by atoms with Crippen molar-refractivity contribution in [2.75, 3.05) is 13.1 Å². The van der Waals surface area contributed by atoms with E-state index >= 15 is 0 Å². The molecule has 0 bridgehead atoms. The molecule has 0 aromatic carbocycles. The highest BCUT2D eigenvalue weighted by Crippen LogP contribution is 2.40. The molecule has 2 fully saturated rings. The predicted molar refractivity (Wildman–Crippen MR) is 67.1 cm³/mol. The van der Waals surface area contributed by atoms with Crippen LogP contribution >= 0.6 is 0 Å². The Bertz CT molecular complexity index is 400. The van der Waals surface area contributed by atoms with Gasteiger partial charge in [0, 0.05) is 24.9 Å². The summed E-state index contributed by atoms with van der Waals surface area (Å²) in [5, 5.41) is 8.12. The molecule has 1 aromatic rings. The van der Waals surface area contributed by atoms with Crippen LogP contribution in [0.4, 0.5) is 0 Å². The lowest BCUT2D eigenvalue weighted by Crippen LogP contribution is -2.32. The molecule has 1 aliphatic heterocycles. The van der Waals surface area contributed by atoms with E-state index in [2.05, 4.69) is 24.4 Å². The van der Waals surface area contributed by atoms with Crippen LogP contribution in [0, 0.1) is 0 Å². The maximum absolute atomic E-state index is 4.86. The normalized spacial score (nSPS) is 28.8. The van der Waals surface area contributed by atoms with Gasteiger partial charge in [0.15, 0.2) is 5.82 Å². The van der Waals surface area contributed by atoms with Gasteiger partial charge >= 0.3 is 0 Å². The Morgan fingerprint density at radius 1 is 1.47 bits per heavy atom. The van der Waals surface area contributed by atoms with Crippen LogP contribution in [-0.2, 0) is 12.5 Å². The van der Waals surface area contributed by atoms with Gasteiger partial charge in [0.25, 0.3) is 0 Å². The molecule has 1 saturated heterocycles. The second-order valence-corrected chi connectivity index (χ2v) is 5.65. The smallest absolute Gasteiger partial charge is 0.154 e. The summed E-state index contributed by atoms with van der Waals surface area (Å²) in [6.45, 7) is 4.45. The highest BCUT2D eigenvalue weighted by Gasteiger charge is 2.40. The first-order chi connectivity index (χ1) is 8.25. The summed E-state index contributed by atoms with van der Waals surface area (Å²) in [6, 6.07) is 0. The minimum atomic E-state index is 0.240. The number of rotatable bonds is 4. The van der Waals surface area contributed by atoms with Gasteiger partial charge in [-0.25, -0.2) is 4.98 Å². The third-order valence-corrected chi connectivity index (χ3v) is 4.17. The fourth-order valence-electron chi connectivity index (χ4n) is 3.12. The van der Waals surface area contributed by atoms with E-state index in [-0.39, 0.29) is 5.41 Å². The lowest BCUT2D eigenvalue weighted by molar-refractivity contribution is 0.385. The van der Waals surface area contributed by atoms with Crippen molar-refractivity contribution in [3.8, 4) is 0 Å². The van der Waals surface area contributed by atoms with Crippen LogP contribution in [0.3, 0.4) is 0 Å². The Kier molecular flexibility index (Phi) is 2.69. The highest BCUT2D eigenvalue weighted by atomic mass is 15.3. The van der Waals surface area contributed by atoms with Crippen molar-refractivity contribution < 1.29 is 0 Å². The minimum absolute atomic E-state index is 0.240. The Morgan fingerprint density at radius 3 is 2.88 bits per heavy atom. The van der Waals surface area contributed by atoms with Crippen LogP contribution in [-0.4, -0.2) is 27.9 Å². The van der Waals surface area contributed by atoms with Crippen molar-refractivity contribution in [2.45, 2.75) is 50.4 Å². The number of hydrogen-bond donors (Lipinski definition) is 1. The molecule has 1 saturated carbocycles. The Labute approximate surface area is 103 Å². The molecular weight excluding hydrogens is 212 g/mol. The maximum atomic E-state index is 4.86. The van der Waals surface area contributed by atoms with E-state index in [4.69, 9.17) is 4.98 Å². The van der Waals surface area contributed by atoms with Crippen molar-refractivity contribution in [3.05, 3.63) is 11.6 Å². The van der Waals surface area contributed by atoms with E-state index in [1.54, 1.807) is 0 Å². The average Bonchev–Trinajstić information content (AvgIpc) is 2.93. The molecule has 0 spiro atoms. The molecule has 3 rings (SSSR count).